The van der Waals surface area contributed by atoms with E-state index in [0.29, 0.717) is 42.3 Å². The number of nitrogens with two attached hydrogens (primary N) is 1. The van der Waals surface area contributed by atoms with Gasteiger partial charge in [0.25, 0.3) is 5.91 Å². The maximum atomic E-state index is 14.9. The smallest absolute Gasteiger partial charge is 0.251 e. The summed E-state index contributed by atoms with van der Waals surface area (Å²) in [7, 11) is -0.808. The minimum Gasteiger partial charge on any atom is -0.392 e. The van der Waals surface area contributed by atoms with Crippen molar-refractivity contribution in [2.45, 2.75) is 44.8 Å². The van der Waals surface area contributed by atoms with Crippen LogP contribution < -0.4 is 11.1 Å². The molecule has 0 bridgehead atoms. The van der Waals surface area contributed by atoms with Crippen LogP contribution >= 0.6 is 11.3 Å². The van der Waals surface area contributed by atoms with Gasteiger partial charge in [0, 0.05) is 39.3 Å². The van der Waals surface area contributed by atoms with Crippen molar-refractivity contribution in [1.82, 2.24) is 4.98 Å². The minimum atomic E-state index is -1.43. The molecule has 1 fully saturated rings. The van der Waals surface area contributed by atoms with E-state index in [1.807, 2.05) is 0 Å². The number of nitrogens with zero attached hydrogens (tertiary/aromatic N) is 1. The molecular weight excluding hydrogens is 520 g/mol. The van der Waals surface area contributed by atoms with Gasteiger partial charge < -0.3 is 21.3 Å². The number of aliphatic hydroxyl groups excluding tert-OH is 1. The van der Waals surface area contributed by atoms with Gasteiger partial charge in [0.15, 0.2) is 0 Å². The molecule has 37 heavy (non-hydrogen) atoms. The number of carbonyl (C=O) groups is 1. The highest BCUT2D eigenvalue weighted by Crippen LogP contribution is 2.40. The Kier molecular flexibility index (Phi) is 8.08. The molecule has 0 spiro atoms. The Morgan fingerprint density at radius 2 is 1.89 bits per heavy atom. The van der Waals surface area contributed by atoms with E-state index in [4.69, 9.17) is 5.73 Å². The second-order valence-corrected chi connectivity index (χ2v) is 12.4. The summed E-state index contributed by atoms with van der Waals surface area (Å²) < 4.78 is 41.4. The maximum absolute atomic E-state index is 14.9. The third-order valence-electron chi connectivity index (χ3n) is 6.44. The van der Waals surface area contributed by atoms with Crippen LogP contribution in [0.5, 0.6) is 0 Å². The van der Waals surface area contributed by atoms with E-state index in [9.17, 15) is 28.0 Å². The van der Waals surface area contributed by atoms with Crippen molar-refractivity contribution in [3.05, 3.63) is 64.9 Å². The molecule has 4 rings (SSSR count). The van der Waals surface area contributed by atoms with Gasteiger partial charge in [-0.05, 0) is 68.5 Å². The van der Waals surface area contributed by atoms with E-state index >= 15 is 0 Å². The van der Waals surface area contributed by atoms with E-state index in [0.717, 1.165) is 23.5 Å². The van der Waals surface area contributed by atoms with Gasteiger partial charge >= 0.3 is 0 Å². The zero-order chi connectivity index (χ0) is 26.9. The zero-order valence-corrected chi connectivity index (χ0v) is 22.1. The topological polar surface area (TPSA) is 126 Å². The summed E-state index contributed by atoms with van der Waals surface area (Å²) in [6.45, 7) is 2.85. The third-order valence-corrected chi connectivity index (χ3v) is 8.89. The average molecular weight is 550 g/mol. The fourth-order valence-corrected chi connectivity index (χ4v) is 6.76. The summed E-state index contributed by atoms with van der Waals surface area (Å²) in [5.74, 6) is -0.901. The highest BCUT2D eigenvalue weighted by molar-refractivity contribution is 7.85. The molecule has 7 nitrogen and oxygen atoms in total. The van der Waals surface area contributed by atoms with Crippen LogP contribution in [0.25, 0.3) is 10.4 Å². The van der Waals surface area contributed by atoms with Crippen LogP contribution in [0.15, 0.2) is 36.4 Å². The lowest BCUT2D eigenvalue weighted by Gasteiger charge is -2.26. The Morgan fingerprint density at radius 1 is 1.24 bits per heavy atom. The van der Waals surface area contributed by atoms with Crippen LogP contribution in [0.3, 0.4) is 0 Å². The quantitative estimate of drug-likeness (QED) is 0.333. The van der Waals surface area contributed by atoms with Gasteiger partial charge in [0.2, 0.25) is 0 Å². The summed E-state index contributed by atoms with van der Waals surface area (Å²) in [4.78, 5) is 16.8. The summed E-state index contributed by atoms with van der Waals surface area (Å²) in [5, 5.41) is 24.1. The monoisotopic (exact) mass is 549 g/mol. The molecule has 3 heterocycles. The number of rotatable bonds is 8. The number of pyridine rings is 1. The number of aromatic nitrogens is 1. The molecule has 1 amide bonds. The van der Waals surface area contributed by atoms with Crippen LogP contribution in [0.4, 0.5) is 19.6 Å². The van der Waals surface area contributed by atoms with Crippen LogP contribution in [0.1, 0.15) is 48.3 Å². The molecule has 3 aromatic rings. The first-order valence-electron chi connectivity index (χ1n) is 11.8. The van der Waals surface area contributed by atoms with E-state index in [2.05, 4.69) is 10.3 Å². The Morgan fingerprint density at radius 3 is 2.49 bits per heavy atom. The molecule has 1 atom stereocenters. The zero-order valence-electron chi connectivity index (χ0n) is 20.5. The number of hydrogen-bond acceptors (Lipinski definition) is 7. The molecule has 1 aromatic carbocycles. The van der Waals surface area contributed by atoms with Crippen molar-refractivity contribution in [3.8, 4) is 10.4 Å². The van der Waals surface area contributed by atoms with Gasteiger partial charge in [-0.1, -0.05) is 6.07 Å². The van der Waals surface area contributed by atoms with E-state index in [-0.39, 0.29) is 32.5 Å². The molecule has 0 saturated carbocycles. The molecule has 1 saturated heterocycles. The summed E-state index contributed by atoms with van der Waals surface area (Å²) in [5.41, 5.74) is 4.54. The molecular formula is C26H29F2N3O4S2. The lowest BCUT2D eigenvalue weighted by atomic mass is 9.93. The Hall–Kier alpha value is -2.73. The first kappa shape index (κ1) is 27.3. The van der Waals surface area contributed by atoms with Gasteiger partial charge in [-0.15, -0.1) is 11.3 Å². The number of anilines is 2. The number of amides is 1. The lowest BCUT2D eigenvalue weighted by Crippen LogP contribution is -2.30. The predicted molar refractivity (Wildman–Crippen MR) is 141 cm³/mol. The SMILES string of the molecule is CC(C)(O)c1cc(F)c(-c2cc(C(N)=O)c(Nc3cccc(CC(O)C4CCS(=O)CC4)n3)s2)c(F)c1. The maximum Gasteiger partial charge on any atom is 0.251 e. The first-order valence-corrected chi connectivity index (χ1v) is 14.1. The largest absolute Gasteiger partial charge is 0.392 e. The number of benzene rings is 1. The number of thiophene rings is 1. The summed E-state index contributed by atoms with van der Waals surface area (Å²) in [6, 6.07) is 8.65. The molecule has 2 aromatic heterocycles. The Bertz CT molecular complexity index is 1310. The van der Waals surface area contributed by atoms with Crippen molar-refractivity contribution in [3.63, 3.8) is 0 Å². The second-order valence-electron chi connectivity index (χ2n) is 9.69. The van der Waals surface area contributed by atoms with Crippen LogP contribution in [0, 0.1) is 17.6 Å². The number of hydrogen-bond donors (Lipinski definition) is 4. The molecule has 0 radical (unpaired) electrons. The second kappa shape index (κ2) is 10.9. The van der Waals surface area contributed by atoms with Gasteiger partial charge in [-0.2, -0.15) is 0 Å². The van der Waals surface area contributed by atoms with Gasteiger partial charge in [-0.3, -0.25) is 9.00 Å². The van der Waals surface area contributed by atoms with Crippen LogP contribution in [-0.2, 0) is 22.8 Å². The van der Waals surface area contributed by atoms with E-state index in [1.165, 1.54) is 19.9 Å². The van der Waals surface area contributed by atoms with Crippen LogP contribution in [0.2, 0.25) is 0 Å². The van der Waals surface area contributed by atoms with Gasteiger partial charge in [-0.25, -0.2) is 13.8 Å². The standard InChI is InChI=1S/C26H29F2N3O4S2/c1-26(2,34)15-10-18(27)23(19(28)11-15)21-13-17(24(29)33)25(36-21)31-22-5-3-4-16(30-22)12-20(32)14-6-8-37(35)9-7-14/h3-5,10-11,13-14,20,32,34H,6-9,12H2,1-2H3,(H2,29,33)(H,30,31). The molecule has 11 heteroatoms. The van der Waals surface area contributed by atoms with Crippen molar-refractivity contribution < 1.29 is 28.0 Å². The number of carbonyl (C=O) groups excluding carboxylic acids is 1. The van der Waals surface area contributed by atoms with Crippen molar-refractivity contribution in [2.24, 2.45) is 11.7 Å². The Labute approximate surface area is 220 Å². The number of halogens is 2. The van der Waals surface area contributed by atoms with Gasteiger partial charge in [0.1, 0.15) is 22.5 Å². The summed E-state index contributed by atoms with van der Waals surface area (Å²) >= 11 is 0.947. The average Bonchev–Trinajstić information content (AvgIpc) is 3.22. The number of aliphatic hydroxyl groups is 2. The highest BCUT2D eigenvalue weighted by Gasteiger charge is 2.26. The molecule has 5 N–H and O–H groups in total. The van der Waals surface area contributed by atoms with Crippen molar-refractivity contribution in [1.29, 1.82) is 0 Å². The molecule has 198 valence electrons. The predicted octanol–water partition coefficient (Wildman–Crippen LogP) is 4.22. The van der Waals surface area contributed by atoms with E-state index in [1.54, 1.807) is 18.2 Å². The minimum absolute atomic E-state index is 0.0489. The first-order chi connectivity index (χ1) is 17.4. The van der Waals surface area contributed by atoms with Gasteiger partial charge in [0.05, 0.1) is 22.8 Å². The lowest BCUT2D eigenvalue weighted by molar-refractivity contribution is 0.0778. The van der Waals surface area contributed by atoms with Crippen molar-refractivity contribution in [2.75, 3.05) is 16.8 Å². The molecule has 1 unspecified atom stereocenters. The van der Waals surface area contributed by atoms with Crippen LogP contribution in [-0.4, -0.2) is 42.9 Å². The fraction of sp³-hybridized carbons (Fsp3) is 0.385. The number of nitrogens with one attached hydrogen (secondary N) is 1. The van der Waals surface area contributed by atoms with Crippen molar-refractivity contribution >= 4 is 38.9 Å². The highest BCUT2D eigenvalue weighted by atomic mass is 32.2. The van der Waals surface area contributed by atoms with E-state index < -0.39 is 40.0 Å². The number of primary amides is 1. The molecule has 1 aliphatic heterocycles. The molecule has 0 aliphatic carbocycles. The normalized spacial score (nSPS) is 19.0. The Balaban J connectivity index is 1.58. The third kappa shape index (κ3) is 6.40. The molecule has 1 aliphatic rings. The summed E-state index contributed by atoms with van der Waals surface area (Å²) in [6.07, 6.45) is 1.10. The fourth-order valence-electron chi connectivity index (χ4n) is 4.31.